The molecule has 1 atom stereocenters. The van der Waals surface area contributed by atoms with Gasteiger partial charge in [-0.25, -0.2) is 10.2 Å². The van der Waals surface area contributed by atoms with Gasteiger partial charge in [0.25, 0.3) is 11.6 Å². The highest BCUT2D eigenvalue weighted by atomic mass is 16.6. The number of benzene rings is 2. The summed E-state index contributed by atoms with van der Waals surface area (Å²) in [6.07, 6.45) is 1.27. The van der Waals surface area contributed by atoms with Crippen LogP contribution in [0.4, 0.5) is 11.4 Å². The van der Waals surface area contributed by atoms with E-state index in [2.05, 4.69) is 15.6 Å². The highest BCUT2D eigenvalue weighted by molar-refractivity contribution is 5.93. The monoisotopic (exact) mass is 480 g/mol. The summed E-state index contributed by atoms with van der Waals surface area (Å²) < 4.78 is 6.62. The summed E-state index contributed by atoms with van der Waals surface area (Å²) in [6, 6.07) is 10.5. The molecule has 1 heterocycles. The van der Waals surface area contributed by atoms with Crippen molar-refractivity contribution in [3.05, 3.63) is 91.3 Å². The SMILES string of the molecule is Cc1nn(C(C)C(=O)N/N=C/c2ccccc2OC(=O)c2ccc([N+](=O)[O-])cc2)c(C)c1[N+](=O)[O-]. The molecule has 180 valence electrons. The Morgan fingerprint density at radius 2 is 1.74 bits per heavy atom. The maximum Gasteiger partial charge on any atom is 0.343 e. The van der Waals surface area contributed by atoms with E-state index >= 15 is 0 Å². The fraction of sp³-hybridized carbons (Fsp3) is 0.182. The Kier molecular flexibility index (Phi) is 7.29. The van der Waals surface area contributed by atoms with Crippen LogP contribution in [0.2, 0.25) is 0 Å². The molecule has 0 aliphatic heterocycles. The van der Waals surface area contributed by atoms with E-state index in [4.69, 9.17) is 4.74 Å². The Morgan fingerprint density at radius 3 is 2.34 bits per heavy atom. The van der Waals surface area contributed by atoms with Gasteiger partial charge in [-0.3, -0.25) is 29.7 Å². The number of hydrogen-bond acceptors (Lipinski definition) is 9. The second-order valence-corrected chi connectivity index (χ2v) is 7.36. The number of esters is 1. The second-order valence-electron chi connectivity index (χ2n) is 7.36. The molecule has 0 saturated heterocycles. The van der Waals surface area contributed by atoms with Crippen molar-refractivity contribution in [2.75, 3.05) is 0 Å². The minimum Gasteiger partial charge on any atom is -0.422 e. The summed E-state index contributed by atoms with van der Waals surface area (Å²) in [5, 5.41) is 29.9. The molecule has 0 spiro atoms. The van der Waals surface area contributed by atoms with E-state index in [9.17, 15) is 29.8 Å². The topological polar surface area (TPSA) is 172 Å². The van der Waals surface area contributed by atoms with Crippen LogP contribution in [0.15, 0.2) is 53.6 Å². The summed E-state index contributed by atoms with van der Waals surface area (Å²) in [6.45, 7) is 4.51. The summed E-state index contributed by atoms with van der Waals surface area (Å²) >= 11 is 0. The average Bonchev–Trinajstić information content (AvgIpc) is 3.13. The molecule has 1 unspecified atom stereocenters. The third kappa shape index (κ3) is 5.52. The maximum absolute atomic E-state index is 12.5. The molecule has 0 radical (unpaired) electrons. The number of rotatable bonds is 8. The standard InChI is InChI=1S/C22H20N6O7/c1-13-20(28(33)34)14(2)26(25-13)15(3)21(29)24-23-12-17-6-4-5-7-19(17)35-22(30)16-8-10-18(11-9-16)27(31)32/h4-12,15H,1-3H3,(H,24,29)/b23-12+. The number of nitro groups is 2. The van der Waals surface area contributed by atoms with Crippen molar-refractivity contribution < 1.29 is 24.2 Å². The zero-order chi connectivity index (χ0) is 25.7. The van der Waals surface area contributed by atoms with E-state index in [0.29, 0.717) is 5.56 Å². The first-order chi connectivity index (χ1) is 16.6. The Morgan fingerprint density at radius 1 is 1.09 bits per heavy atom. The third-order valence-corrected chi connectivity index (χ3v) is 5.03. The number of ether oxygens (including phenoxy) is 1. The zero-order valence-electron chi connectivity index (χ0n) is 18.9. The van der Waals surface area contributed by atoms with Crippen molar-refractivity contribution >= 4 is 29.5 Å². The van der Waals surface area contributed by atoms with E-state index in [1.54, 1.807) is 18.2 Å². The molecule has 0 aliphatic carbocycles. The first kappa shape index (κ1) is 24.7. The predicted molar refractivity (Wildman–Crippen MR) is 123 cm³/mol. The number of nitrogens with zero attached hydrogens (tertiary/aromatic N) is 5. The number of amides is 1. The molecule has 13 heteroatoms. The number of hydrogen-bond donors (Lipinski definition) is 1. The summed E-state index contributed by atoms with van der Waals surface area (Å²) in [4.78, 5) is 45.7. The lowest BCUT2D eigenvalue weighted by Gasteiger charge is -2.11. The lowest BCUT2D eigenvalue weighted by atomic mass is 10.2. The van der Waals surface area contributed by atoms with Gasteiger partial charge >= 0.3 is 11.7 Å². The number of nitro benzene ring substituents is 1. The minimum atomic E-state index is -0.880. The van der Waals surface area contributed by atoms with Gasteiger partial charge in [-0.15, -0.1) is 0 Å². The molecule has 3 rings (SSSR count). The first-order valence-corrected chi connectivity index (χ1v) is 10.2. The number of nitrogens with one attached hydrogen (secondary N) is 1. The number of aromatic nitrogens is 2. The van der Waals surface area contributed by atoms with Crippen LogP contribution in [0.3, 0.4) is 0 Å². The van der Waals surface area contributed by atoms with Crippen LogP contribution < -0.4 is 10.2 Å². The molecule has 1 amide bonds. The Bertz CT molecular complexity index is 1330. The van der Waals surface area contributed by atoms with E-state index in [0.717, 1.165) is 0 Å². The van der Waals surface area contributed by atoms with Gasteiger partial charge in [-0.2, -0.15) is 10.2 Å². The van der Waals surface area contributed by atoms with Crippen LogP contribution in [-0.4, -0.2) is 37.7 Å². The van der Waals surface area contributed by atoms with Crippen molar-refractivity contribution in [1.82, 2.24) is 15.2 Å². The second kappa shape index (κ2) is 10.3. The Labute approximate surface area is 198 Å². The molecular weight excluding hydrogens is 460 g/mol. The van der Waals surface area contributed by atoms with Gasteiger partial charge in [0.05, 0.1) is 21.6 Å². The van der Waals surface area contributed by atoms with Gasteiger partial charge in [0, 0.05) is 17.7 Å². The Balaban J connectivity index is 1.70. The fourth-order valence-electron chi connectivity index (χ4n) is 3.22. The molecule has 1 N–H and O–H groups in total. The van der Waals surface area contributed by atoms with Crippen molar-refractivity contribution in [3.63, 3.8) is 0 Å². The van der Waals surface area contributed by atoms with Crippen LogP contribution in [0.25, 0.3) is 0 Å². The van der Waals surface area contributed by atoms with Crippen LogP contribution >= 0.6 is 0 Å². The predicted octanol–water partition coefficient (Wildman–Crippen LogP) is 3.25. The normalized spacial score (nSPS) is 11.7. The molecule has 2 aromatic carbocycles. The third-order valence-electron chi connectivity index (χ3n) is 5.03. The van der Waals surface area contributed by atoms with E-state index in [-0.39, 0.29) is 34.1 Å². The lowest BCUT2D eigenvalue weighted by molar-refractivity contribution is -0.386. The molecule has 0 aliphatic rings. The minimum absolute atomic E-state index is 0.114. The quantitative estimate of drug-likeness (QED) is 0.168. The van der Waals surface area contributed by atoms with Gasteiger partial charge in [-0.1, -0.05) is 12.1 Å². The molecule has 1 aromatic heterocycles. The summed E-state index contributed by atoms with van der Waals surface area (Å²) in [7, 11) is 0. The van der Waals surface area contributed by atoms with Gasteiger partial charge in [0.1, 0.15) is 23.2 Å². The zero-order valence-corrected chi connectivity index (χ0v) is 18.9. The number of carbonyl (C=O) groups excluding carboxylic acids is 2. The molecule has 0 fully saturated rings. The van der Waals surface area contributed by atoms with Crippen LogP contribution in [-0.2, 0) is 4.79 Å². The molecule has 0 bridgehead atoms. The van der Waals surface area contributed by atoms with Crippen LogP contribution in [0.5, 0.6) is 5.75 Å². The van der Waals surface area contributed by atoms with Gasteiger partial charge in [-0.05, 0) is 45.0 Å². The highest BCUT2D eigenvalue weighted by Gasteiger charge is 2.27. The first-order valence-electron chi connectivity index (χ1n) is 10.2. The number of hydrazone groups is 1. The Hall–Kier alpha value is -4.94. The van der Waals surface area contributed by atoms with Crippen molar-refractivity contribution in [2.45, 2.75) is 26.8 Å². The van der Waals surface area contributed by atoms with Gasteiger partial charge < -0.3 is 4.74 Å². The van der Waals surface area contributed by atoms with Crippen molar-refractivity contribution in [2.24, 2.45) is 5.10 Å². The van der Waals surface area contributed by atoms with E-state index < -0.39 is 27.8 Å². The number of non-ortho nitro benzene ring substituents is 1. The van der Waals surface area contributed by atoms with Gasteiger partial charge in [0.2, 0.25) is 0 Å². The molecule has 13 nitrogen and oxygen atoms in total. The molecule has 35 heavy (non-hydrogen) atoms. The smallest absolute Gasteiger partial charge is 0.343 e. The van der Waals surface area contributed by atoms with E-state index in [1.165, 1.54) is 62.0 Å². The van der Waals surface area contributed by atoms with Crippen molar-refractivity contribution in [3.8, 4) is 5.75 Å². The number of aryl methyl sites for hydroxylation is 1. The summed E-state index contributed by atoms with van der Waals surface area (Å²) in [5.74, 6) is -1.15. The summed E-state index contributed by atoms with van der Waals surface area (Å²) in [5.41, 5.74) is 2.94. The number of carbonyl (C=O) groups is 2. The highest BCUT2D eigenvalue weighted by Crippen LogP contribution is 2.24. The largest absolute Gasteiger partial charge is 0.422 e. The number of para-hydroxylation sites is 1. The molecule has 0 saturated carbocycles. The fourth-order valence-corrected chi connectivity index (χ4v) is 3.22. The van der Waals surface area contributed by atoms with Gasteiger partial charge in [0.15, 0.2) is 0 Å². The molecular formula is C22H20N6O7. The van der Waals surface area contributed by atoms with Crippen molar-refractivity contribution in [1.29, 1.82) is 0 Å². The molecule has 3 aromatic rings. The van der Waals surface area contributed by atoms with E-state index in [1.807, 2.05) is 0 Å². The van der Waals surface area contributed by atoms with Crippen LogP contribution in [0.1, 0.15) is 40.3 Å². The lowest BCUT2D eigenvalue weighted by Crippen LogP contribution is -2.28. The maximum atomic E-state index is 12.5. The average molecular weight is 480 g/mol. The van der Waals surface area contributed by atoms with Crippen LogP contribution in [0, 0.1) is 34.1 Å².